The van der Waals surface area contributed by atoms with Crippen LogP contribution in [0.15, 0.2) is 0 Å². The highest BCUT2D eigenvalue weighted by Gasteiger charge is 2.17. The van der Waals surface area contributed by atoms with Crippen molar-refractivity contribution in [3.05, 3.63) is 0 Å². The molecule has 0 N–H and O–H groups in total. The predicted molar refractivity (Wildman–Crippen MR) is 57.5 cm³/mol. The average molecular weight is 212 g/mol. The minimum absolute atomic E-state index is 0.114. The molecule has 0 unspecified atom stereocenters. The lowest BCUT2D eigenvalue weighted by Gasteiger charge is -2.21. The van der Waals surface area contributed by atoms with Gasteiger partial charge in [-0.15, -0.1) is 0 Å². The van der Waals surface area contributed by atoms with Crippen molar-refractivity contribution in [1.82, 2.24) is 0 Å². The summed E-state index contributed by atoms with van der Waals surface area (Å²) in [6.07, 6.45) is 6.77. The van der Waals surface area contributed by atoms with E-state index in [2.05, 4.69) is 0 Å². The summed E-state index contributed by atoms with van der Waals surface area (Å²) in [4.78, 5) is 22.4. The number of ether oxygens (including phenoxy) is 1. The third-order valence-electron chi connectivity index (χ3n) is 2.85. The lowest BCUT2D eigenvalue weighted by atomic mass is 9.98. The predicted octanol–water partition coefficient (Wildman–Crippen LogP) is 2.62. The first-order valence-electron chi connectivity index (χ1n) is 5.93. The maximum Gasteiger partial charge on any atom is 0.306 e. The fourth-order valence-electron chi connectivity index (χ4n) is 1.85. The molecule has 0 amide bonds. The molecule has 3 heteroatoms. The summed E-state index contributed by atoms with van der Waals surface area (Å²) in [5, 5.41) is 0. The van der Waals surface area contributed by atoms with Gasteiger partial charge in [0.1, 0.15) is 11.9 Å². The molecule has 15 heavy (non-hydrogen) atoms. The fraction of sp³-hybridized carbons (Fsp3) is 0.833. The summed E-state index contributed by atoms with van der Waals surface area (Å²) in [5.74, 6) is -0.0701. The van der Waals surface area contributed by atoms with Gasteiger partial charge in [-0.25, -0.2) is 0 Å². The van der Waals surface area contributed by atoms with E-state index in [1.807, 2.05) is 6.92 Å². The Morgan fingerprint density at radius 1 is 1.13 bits per heavy atom. The standard InChI is InChI=1S/C12H20O3/c1-2-10(13)8-9-12(14)15-11-6-4-3-5-7-11/h11H,2-9H2,1H3. The number of carbonyl (C=O) groups excluding carboxylic acids is 2. The highest BCUT2D eigenvalue weighted by atomic mass is 16.5. The zero-order valence-electron chi connectivity index (χ0n) is 9.46. The van der Waals surface area contributed by atoms with Gasteiger partial charge in [-0.05, 0) is 25.7 Å². The molecule has 0 saturated heterocycles. The van der Waals surface area contributed by atoms with Crippen LogP contribution in [-0.4, -0.2) is 17.9 Å². The van der Waals surface area contributed by atoms with E-state index >= 15 is 0 Å². The van der Waals surface area contributed by atoms with Gasteiger partial charge in [0.05, 0.1) is 6.42 Å². The number of esters is 1. The lowest BCUT2D eigenvalue weighted by molar-refractivity contribution is -0.151. The maximum atomic E-state index is 11.4. The fourth-order valence-corrected chi connectivity index (χ4v) is 1.85. The van der Waals surface area contributed by atoms with Gasteiger partial charge < -0.3 is 4.74 Å². The molecule has 1 aliphatic carbocycles. The summed E-state index contributed by atoms with van der Waals surface area (Å²) in [7, 11) is 0. The summed E-state index contributed by atoms with van der Waals surface area (Å²) in [6.45, 7) is 1.81. The van der Waals surface area contributed by atoms with Crippen molar-refractivity contribution < 1.29 is 14.3 Å². The highest BCUT2D eigenvalue weighted by Crippen LogP contribution is 2.20. The van der Waals surface area contributed by atoms with Crippen LogP contribution < -0.4 is 0 Å². The molecule has 0 aromatic carbocycles. The Labute approximate surface area is 91.2 Å². The Morgan fingerprint density at radius 3 is 2.40 bits per heavy atom. The van der Waals surface area contributed by atoms with E-state index < -0.39 is 0 Å². The molecule has 1 saturated carbocycles. The molecule has 0 aliphatic heterocycles. The van der Waals surface area contributed by atoms with Crippen LogP contribution in [0.3, 0.4) is 0 Å². The second-order valence-corrected chi connectivity index (χ2v) is 4.14. The molecule has 86 valence electrons. The van der Waals surface area contributed by atoms with Crippen LogP contribution >= 0.6 is 0 Å². The Hall–Kier alpha value is -0.860. The average Bonchev–Trinajstić information content (AvgIpc) is 2.27. The van der Waals surface area contributed by atoms with Crippen LogP contribution in [0.1, 0.15) is 58.3 Å². The molecule has 0 spiro atoms. The van der Waals surface area contributed by atoms with E-state index in [4.69, 9.17) is 4.74 Å². The molecule has 3 nitrogen and oxygen atoms in total. The number of hydrogen-bond donors (Lipinski definition) is 0. The van der Waals surface area contributed by atoms with Crippen molar-refractivity contribution in [3.8, 4) is 0 Å². The van der Waals surface area contributed by atoms with Crippen molar-refractivity contribution in [3.63, 3.8) is 0 Å². The van der Waals surface area contributed by atoms with Gasteiger partial charge >= 0.3 is 5.97 Å². The smallest absolute Gasteiger partial charge is 0.306 e. The van der Waals surface area contributed by atoms with E-state index in [0.29, 0.717) is 12.8 Å². The third-order valence-corrected chi connectivity index (χ3v) is 2.85. The largest absolute Gasteiger partial charge is 0.462 e. The van der Waals surface area contributed by atoms with Gasteiger partial charge in [0.25, 0.3) is 0 Å². The minimum Gasteiger partial charge on any atom is -0.462 e. The lowest BCUT2D eigenvalue weighted by Crippen LogP contribution is -2.21. The Kier molecular flexibility index (Phi) is 5.37. The molecule has 0 aromatic heterocycles. The van der Waals surface area contributed by atoms with Crippen LogP contribution in [0.4, 0.5) is 0 Å². The molecule has 0 radical (unpaired) electrons. The Bertz CT molecular complexity index is 217. The number of Topliss-reactive ketones (excluding diaryl/α,β-unsaturated/α-hetero) is 1. The molecule has 0 bridgehead atoms. The summed E-state index contributed by atoms with van der Waals surface area (Å²) >= 11 is 0. The van der Waals surface area contributed by atoms with Gasteiger partial charge in [0.2, 0.25) is 0 Å². The second kappa shape index (κ2) is 6.59. The first-order chi connectivity index (χ1) is 7.22. The molecule has 0 heterocycles. The van der Waals surface area contributed by atoms with Crippen LogP contribution in [0.2, 0.25) is 0 Å². The van der Waals surface area contributed by atoms with Gasteiger partial charge in [0, 0.05) is 12.8 Å². The summed E-state index contributed by atoms with van der Waals surface area (Å²) in [6, 6.07) is 0. The number of carbonyl (C=O) groups is 2. The second-order valence-electron chi connectivity index (χ2n) is 4.14. The van der Waals surface area contributed by atoms with E-state index in [9.17, 15) is 9.59 Å². The van der Waals surface area contributed by atoms with Gasteiger partial charge in [-0.3, -0.25) is 9.59 Å². The van der Waals surface area contributed by atoms with E-state index in [-0.39, 0.29) is 24.3 Å². The van der Waals surface area contributed by atoms with Crippen LogP contribution in [-0.2, 0) is 14.3 Å². The molecule has 0 atom stereocenters. The monoisotopic (exact) mass is 212 g/mol. The normalized spacial score (nSPS) is 17.4. The van der Waals surface area contributed by atoms with Crippen molar-refractivity contribution in [2.45, 2.75) is 64.4 Å². The molecule has 0 aromatic rings. The van der Waals surface area contributed by atoms with Crippen LogP contribution in [0.25, 0.3) is 0 Å². The van der Waals surface area contributed by atoms with Crippen LogP contribution in [0, 0.1) is 0 Å². The van der Waals surface area contributed by atoms with Crippen LogP contribution in [0.5, 0.6) is 0 Å². The number of hydrogen-bond acceptors (Lipinski definition) is 3. The van der Waals surface area contributed by atoms with Crippen molar-refractivity contribution in [2.75, 3.05) is 0 Å². The first kappa shape index (κ1) is 12.2. The maximum absolute atomic E-state index is 11.4. The quantitative estimate of drug-likeness (QED) is 0.658. The topological polar surface area (TPSA) is 43.4 Å². The molecular formula is C12H20O3. The van der Waals surface area contributed by atoms with Gasteiger partial charge in [-0.2, -0.15) is 0 Å². The van der Waals surface area contributed by atoms with Crippen molar-refractivity contribution in [2.24, 2.45) is 0 Å². The summed E-state index contributed by atoms with van der Waals surface area (Å²) < 4.78 is 5.30. The molecule has 1 aliphatic rings. The molecular weight excluding hydrogens is 192 g/mol. The first-order valence-corrected chi connectivity index (χ1v) is 5.93. The molecule has 1 rings (SSSR count). The number of rotatable bonds is 5. The molecule has 1 fully saturated rings. The van der Waals surface area contributed by atoms with E-state index in [0.717, 1.165) is 25.7 Å². The van der Waals surface area contributed by atoms with E-state index in [1.165, 1.54) is 6.42 Å². The third kappa shape index (κ3) is 4.96. The highest BCUT2D eigenvalue weighted by molar-refractivity contribution is 5.82. The van der Waals surface area contributed by atoms with Crippen molar-refractivity contribution >= 4 is 11.8 Å². The SMILES string of the molecule is CCC(=O)CCC(=O)OC1CCCCC1. The van der Waals surface area contributed by atoms with Gasteiger partial charge in [0.15, 0.2) is 0 Å². The Balaban J connectivity index is 2.14. The van der Waals surface area contributed by atoms with Gasteiger partial charge in [-0.1, -0.05) is 13.3 Å². The van der Waals surface area contributed by atoms with Crippen molar-refractivity contribution in [1.29, 1.82) is 0 Å². The zero-order chi connectivity index (χ0) is 11.1. The van der Waals surface area contributed by atoms with E-state index in [1.54, 1.807) is 0 Å². The summed E-state index contributed by atoms with van der Waals surface area (Å²) in [5.41, 5.74) is 0. The zero-order valence-corrected chi connectivity index (χ0v) is 9.46. The minimum atomic E-state index is -0.205. The number of ketones is 1. The Morgan fingerprint density at radius 2 is 1.80 bits per heavy atom.